The maximum Gasteiger partial charge on any atom is 0.407 e. The number of alkyl carbamates (subject to hydrolysis) is 1. The van der Waals surface area contributed by atoms with E-state index in [0.29, 0.717) is 6.61 Å². The van der Waals surface area contributed by atoms with E-state index in [1.54, 1.807) is 6.08 Å². The van der Waals surface area contributed by atoms with Crippen molar-refractivity contribution < 1.29 is 19.7 Å². The molecule has 0 spiro atoms. The Labute approximate surface area is 172 Å². The predicted molar refractivity (Wildman–Crippen MR) is 116 cm³/mol. The van der Waals surface area contributed by atoms with Crippen molar-refractivity contribution >= 4 is 6.09 Å². The summed E-state index contributed by atoms with van der Waals surface area (Å²) >= 11 is 0. The third-order valence-corrected chi connectivity index (χ3v) is 4.95. The third kappa shape index (κ3) is 17.1. The van der Waals surface area contributed by atoms with Gasteiger partial charge in [0, 0.05) is 0 Å². The molecule has 0 rings (SSSR count). The molecule has 0 heterocycles. The van der Waals surface area contributed by atoms with Gasteiger partial charge in [0.25, 0.3) is 0 Å². The van der Waals surface area contributed by atoms with Crippen LogP contribution in [0.3, 0.4) is 0 Å². The van der Waals surface area contributed by atoms with Crippen molar-refractivity contribution in [2.24, 2.45) is 0 Å². The van der Waals surface area contributed by atoms with Crippen molar-refractivity contribution in [1.82, 2.24) is 5.32 Å². The molecule has 166 valence electrons. The maximum absolute atomic E-state index is 11.6. The lowest BCUT2D eigenvalue weighted by atomic mass is 10.0. The maximum atomic E-state index is 11.6. The number of nitrogens with one attached hydrogen (secondary N) is 1. The van der Waals surface area contributed by atoms with E-state index in [-0.39, 0.29) is 6.61 Å². The van der Waals surface area contributed by atoms with Crippen LogP contribution in [-0.4, -0.2) is 41.7 Å². The van der Waals surface area contributed by atoms with E-state index < -0.39 is 18.2 Å². The summed E-state index contributed by atoms with van der Waals surface area (Å²) in [5.41, 5.74) is 0. The van der Waals surface area contributed by atoms with Crippen LogP contribution in [-0.2, 0) is 4.74 Å². The smallest absolute Gasteiger partial charge is 0.407 e. The van der Waals surface area contributed by atoms with E-state index in [2.05, 4.69) is 12.2 Å². The minimum Gasteiger partial charge on any atom is -0.450 e. The highest BCUT2D eigenvalue weighted by Gasteiger charge is 2.18. The van der Waals surface area contributed by atoms with Crippen LogP contribution in [0.4, 0.5) is 4.79 Å². The van der Waals surface area contributed by atoms with E-state index in [4.69, 9.17) is 4.74 Å². The number of unbranched alkanes of at least 4 members (excludes halogenated alkanes) is 12. The topological polar surface area (TPSA) is 78.8 Å². The Morgan fingerprint density at radius 3 is 1.96 bits per heavy atom. The van der Waals surface area contributed by atoms with Crippen molar-refractivity contribution in [3.63, 3.8) is 0 Å². The van der Waals surface area contributed by atoms with Crippen molar-refractivity contribution in [3.8, 4) is 0 Å². The van der Waals surface area contributed by atoms with E-state index in [0.717, 1.165) is 25.7 Å². The Morgan fingerprint density at radius 2 is 1.43 bits per heavy atom. The highest BCUT2D eigenvalue weighted by atomic mass is 16.5. The lowest BCUT2D eigenvalue weighted by Gasteiger charge is -2.19. The van der Waals surface area contributed by atoms with E-state index in [1.807, 2.05) is 13.0 Å². The number of rotatable bonds is 19. The second-order valence-electron chi connectivity index (χ2n) is 7.67. The van der Waals surface area contributed by atoms with Crippen LogP contribution in [0.15, 0.2) is 12.2 Å². The second kappa shape index (κ2) is 20.7. The van der Waals surface area contributed by atoms with Crippen LogP contribution in [0.5, 0.6) is 0 Å². The fraction of sp³-hybridized carbons (Fsp3) is 0.870. The highest BCUT2D eigenvalue weighted by Crippen LogP contribution is 2.12. The lowest BCUT2D eigenvalue weighted by Crippen LogP contribution is -2.45. The average Bonchev–Trinajstić information content (AvgIpc) is 2.69. The van der Waals surface area contributed by atoms with E-state index in [9.17, 15) is 15.0 Å². The molecule has 0 bridgehead atoms. The van der Waals surface area contributed by atoms with Crippen LogP contribution < -0.4 is 5.32 Å². The Morgan fingerprint density at radius 1 is 0.893 bits per heavy atom. The number of allylic oxidation sites excluding steroid dienone is 1. The molecule has 3 N–H and O–H groups in total. The number of carbonyl (C=O) groups is 1. The summed E-state index contributed by atoms with van der Waals surface area (Å²) < 4.78 is 4.99. The first kappa shape index (κ1) is 26.9. The largest absolute Gasteiger partial charge is 0.450 e. The molecule has 5 nitrogen and oxygen atoms in total. The Bertz CT molecular complexity index is 374. The van der Waals surface area contributed by atoms with Crippen molar-refractivity contribution in [2.45, 2.75) is 116 Å². The van der Waals surface area contributed by atoms with Crippen molar-refractivity contribution in [2.75, 3.05) is 13.2 Å². The molecular formula is C23H45NO4. The van der Waals surface area contributed by atoms with Gasteiger partial charge in [-0.3, -0.25) is 0 Å². The SMILES string of the molecule is CCCCCCCCCCCCC/C=C/[C@@H](O)[C@H](CO)NC(=O)OCCCC. The molecule has 0 unspecified atom stereocenters. The molecule has 0 saturated heterocycles. The molecule has 0 aliphatic heterocycles. The summed E-state index contributed by atoms with van der Waals surface area (Å²) in [7, 11) is 0. The number of ether oxygens (including phenoxy) is 1. The van der Waals surface area contributed by atoms with Gasteiger partial charge in [-0.05, 0) is 19.3 Å². The molecule has 1 amide bonds. The van der Waals surface area contributed by atoms with Gasteiger partial charge in [0.2, 0.25) is 0 Å². The van der Waals surface area contributed by atoms with E-state index in [1.165, 1.54) is 64.2 Å². The van der Waals surface area contributed by atoms with Gasteiger partial charge in [-0.15, -0.1) is 0 Å². The Hall–Kier alpha value is -1.07. The van der Waals surface area contributed by atoms with Gasteiger partial charge in [-0.1, -0.05) is 96.6 Å². The minimum absolute atomic E-state index is 0.327. The fourth-order valence-corrected chi connectivity index (χ4v) is 3.04. The number of amides is 1. The number of aliphatic hydroxyl groups excluding tert-OH is 2. The first-order valence-corrected chi connectivity index (χ1v) is 11.5. The molecule has 0 radical (unpaired) electrons. The molecule has 0 aliphatic carbocycles. The number of carbonyl (C=O) groups excluding carboxylic acids is 1. The second-order valence-corrected chi connectivity index (χ2v) is 7.67. The van der Waals surface area contributed by atoms with Gasteiger partial charge in [-0.25, -0.2) is 4.79 Å². The van der Waals surface area contributed by atoms with Crippen LogP contribution in [0.25, 0.3) is 0 Å². The molecule has 0 aromatic rings. The number of hydrogen-bond acceptors (Lipinski definition) is 4. The predicted octanol–water partition coefficient (Wildman–Crippen LogP) is 5.49. The number of hydrogen-bond donors (Lipinski definition) is 3. The van der Waals surface area contributed by atoms with Gasteiger partial charge >= 0.3 is 6.09 Å². The molecule has 28 heavy (non-hydrogen) atoms. The van der Waals surface area contributed by atoms with Gasteiger partial charge in [-0.2, -0.15) is 0 Å². The third-order valence-electron chi connectivity index (χ3n) is 4.95. The first-order valence-electron chi connectivity index (χ1n) is 11.5. The van der Waals surface area contributed by atoms with Crippen molar-refractivity contribution in [3.05, 3.63) is 12.2 Å². The zero-order valence-electron chi connectivity index (χ0n) is 18.3. The fourth-order valence-electron chi connectivity index (χ4n) is 3.04. The van der Waals surface area contributed by atoms with Gasteiger partial charge in [0.05, 0.1) is 25.4 Å². The summed E-state index contributed by atoms with van der Waals surface area (Å²) in [6.45, 7) is 4.29. The normalized spacial score (nSPS) is 13.6. The van der Waals surface area contributed by atoms with E-state index >= 15 is 0 Å². The number of aliphatic hydroxyl groups is 2. The molecule has 0 saturated carbocycles. The van der Waals surface area contributed by atoms with Gasteiger partial charge in [0.15, 0.2) is 0 Å². The summed E-state index contributed by atoms with van der Waals surface area (Å²) in [4.78, 5) is 11.6. The summed E-state index contributed by atoms with van der Waals surface area (Å²) in [6.07, 6.45) is 19.2. The average molecular weight is 400 g/mol. The molecular weight excluding hydrogens is 354 g/mol. The minimum atomic E-state index is -0.906. The van der Waals surface area contributed by atoms with Gasteiger partial charge in [0.1, 0.15) is 0 Å². The Balaban J connectivity index is 3.66. The first-order chi connectivity index (χ1) is 13.7. The lowest BCUT2D eigenvalue weighted by molar-refractivity contribution is 0.0996. The van der Waals surface area contributed by atoms with Gasteiger partial charge < -0.3 is 20.3 Å². The van der Waals surface area contributed by atoms with Crippen LogP contribution in [0.2, 0.25) is 0 Å². The standard InChI is InChI=1S/C23H45NO4/c1-3-5-7-8-9-10-11-12-13-14-15-16-17-18-22(26)21(20-25)24-23(27)28-19-6-4-2/h17-18,21-22,25-26H,3-16,19-20H2,1-2H3,(H,24,27)/b18-17+/t21-,22+/m0/s1. The zero-order valence-corrected chi connectivity index (χ0v) is 18.3. The quantitative estimate of drug-likeness (QED) is 0.198. The summed E-state index contributed by atoms with van der Waals surface area (Å²) in [5.74, 6) is 0. The zero-order chi connectivity index (χ0) is 20.9. The monoisotopic (exact) mass is 399 g/mol. The van der Waals surface area contributed by atoms with Crippen LogP contribution in [0, 0.1) is 0 Å². The van der Waals surface area contributed by atoms with Crippen molar-refractivity contribution in [1.29, 1.82) is 0 Å². The Kier molecular flexibility index (Phi) is 19.9. The molecule has 5 heteroatoms. The molecule has 0 aromatic carbocycles. The summed E-state index contributed by atoms with van der Waals surface area (Å²) in [5, 5.41) is 22.0. The molecule has 0 aliphatic rings. The molecule has 0 fully saturated rings. The summed E-state index contributed by atoms with van der Waals surface area (Å²) in [6, 6.07) is -0.734. The van der Waals surface area contributed by atoms with Crippen LogP contribution in [0.1, 0.15) is 104 Å². The highest BCUT2D eigenvalue weighted by molar-refractivity contribution is 5.67. The molecule has 0 aromatic heterocycles. The molecule has 2 atom stereocenters. The van der Waals surface area contributed by atoms with Crippen LogP contribution >= 0.6 is 0 Å².